The molecule has 0 atom stereocenters. The van der Waals surface area contributed by atoms with E-state index in [2.05, 4.69) is 20.7 Å². The Kier molecular flexibility index (Phi) is 16.8. The van der Waals surface area contributed by atoms with Crippen molar-refractivity contribution in [3.63, 3.8) is 0 Å². The monoisotopic (exact) mass is 779 g/mol. The maximum absolute atomic E-state index is 14.8. The number of halogens is 1. The summed E-state index contributed by atoms with van der Waals surface area (Å²) in [5.74, 6) is -1.83. The topological polar surface area (TPSA) is 146 Å². The zero-order valence-electron chi connectivity index (χ0n) is 31.0. The van der Waals surface area contributed by atoms with Crippen LogP contribution in [0.25, 0.3) is 27.7 Å². The van der Waals surface area contributed by atoms with Crippen LogP contribution in [0.2, 0.25) is 0 Å². The van der Waals surface area contributed by atoms with Crippen LogP contribution in [0.5, 0.6) is 0 Å². The molecule has 2 aromatic carbocycles. The van der Waals surface area contributed by atoms with E-state index in [0.29, 0.717) is 31.9 Å². The molecule has 1 aliphatic rings. The fourth-order valence-corrected chi connectivity index (χ4v) is 5.03. The Labute approximate surface area is 325 Å². The standard InChI is InChI=1S/C32H35FN7O4.C3H8O.C2H6.Y/c1-20-25(18-40(37-20)19-28(41)44-32(2,3)4)21-6-8-22(9-7-21)27-17-35-29(38(27)5)30(42)36-23-10-11-24(26(33)16-23)31(43)39-14-12-34-13-15-39;1-3(2)4;1-2;/h6-11,16-18H,12-15,19H2,1-5H3,(H,36,42);3-4H,1-2H3;1-2H3;/q-1;;;. The predicted molar refractivity (Wildman–Crippen MR) is 192 cm³/mol. The number of hydrogen-bond acceptors (Lipinski definition) is 7. The van der Waals surface area contributed by atoms with Gasteiger partial charge in [-0.05, 0) is 70.9 Å². The van der Waals surface area contributed by atoms with Crippen LogP contribution >= 0.6 is 0 Å². The molecule has 273 valence electrons. The first-order valence-corrected chi connectivity index (χ1v) is 16.7. The molecule has 5 rings (SSSR count). The number of anilines is 1. The first kappa shape index (κ1) is 43.4. The van der Waals surface area contributed by atoms with Gasteiger partial charge >= 0.3 is 5.97 Å². The quantitative estimate of drug-likeness (QED) is 0.212. The SMILES string of the molecule is CC.CC(C)O.Cc1nn(CC(=O)OC(C)(C)C)cc1-c1ccc(-c2cnc(C(=O)Nc3ccc(C(=O)N4CC[N-]CC4)c(F)c3)n2C)cc1.[Y]. The van der Waals surface area contributed by atoms with E-state index in [-0.39, 0.29) is 74.3 Å². The molecule has 14 heteroatoms. The van der Waals surface area contributed by atoms with Crippen molar-refractivity contribution in [1.29, 1.82) is 0 Å². The number of carbonyl (C=O) groups is 3. The second-order valence-corrected chi connectivity index (χ2v) is 12.7. The van der Waals surface area contributed by atoms with Crippen molar-refractivity contribution < 1.29 is 61.3 Å². The molecule has 0 aliphatic carbocycles. The molecule has 0 spiro atoms. The van der Waals surface area contributed by atoms with Crippen LogP contribution in [-0.2, 0) is 55.8 Å². The zero-order valence-corrected chi connectivity index (χ0v) is 33.9. The van der Waals surface area contributed by atoms with Gasteiger partial charge in [-0.1, -0.05) is 38.1 Å². The second-order valence-electron chi connectivity index (χ2n) is 12.7. The molecule has 0 saturated carbocycles. The number of hydrogen-bond donors (Lipinski definition) is 2. The van der Waals surface area contributed by atoms with E-state index in [1.54, 1.807) is 41.2 Å². The average Bonchev–Trinajstić information content (AvgIpc) is 3.62. The Morgan fingerprint density at radius 3 is 2.20 bits per heavy atom. The van der Waals surface area contributed by atoms with E-state index in [0.717, 1.165) is 28.5 Å². The zero-order chi connectivity index (χ0) is 37.2. The van der Waals surface area contributed by atoms with Crippen molar-refractivity contribution >= 4 is 23.5 Å². The van der Waals surface area contributed by atoms with E-state index in [1.807, 2.05) is 72.0 Å². The van der Waals surface area contributed by atoms with Crippen molar-refractivity contribution in [3.8, 4) is 22.4 Å². The van der Waals surface area contributed by atoms with Crippen LogP contribution < -0.4 is 5.32 Å². The first-order valence-electron chi connectivity index (χ1n) is 16.7. The summed E-state index contributed by atoms with van der Waals surface area (Å²) >= 11 is 0. The van der Waals surface area contributed by atoms with Gasteiger partial charge in [0.05, 0.1) is 23.1 Å². The van der Waals surface area contributed by atoms with Gasteiger partial charge < -0.3 is 29.9 Å². The Morgan fingerprint density at radius 2 is 1.63 bits per heavy atom. The van der Waals surface area contributed by atoms with Gasteiger partial charge in [0, 0.05) is 76.4 Å². The molecule has 0 bridgehead atoms. The largest absolute Gasteiger partial charge is 0.659 e. The molecule has 2 aromatic heterocycles. The maximum atomic E-state index is 14.8. The summed E-state index contributed by atoms with van der Waals surface area (Å²) in [4.78, 5) is 43.8. The minimum atomic E-state index is -0.707. The number of aliphatic hydroxyl groups excluding tert-OH is 1. The second kappa shape index (κ2) is 19.7. The molecule has 0 unspecified atom stereocenters. The average molecular weight is 780 g/mol. The number of nitrogens with one attached hydrogen (secondary N) is 1. The number of aryl methyl sites for hydroxylation is 1. The minimum Gasteiger partial charge on any atom is -0.659 e. The number of benzene rings is 2. The number of aliphatic hydroxyl groups is 1. The summed E-state index contributed by atoms with van der Waals surface area (Å²) in [6.45, 7) is 16.8. The summed E-state index contributed by atoms with van der Waals surface area (Å²) in [5.41, 5.74) is 3.72. The Hall–Kier alpha value is -3.78. The molecule has 4 aromatic rings. The van der Waals surface area contributed by atoms with Crippen molar-refractivity contribution in [2.75, 3.05) is 31.5 Å². The van der Waals surface area contributed by atoms with Crippen LogP contribution in [0.4, 0.5) is 10.1 Å². The molecule has 12 nitrogen and oxygen atoms in total. The summed E-state index contributed by atoms with van der Waals surface area (Å²) in [6, 6.07) is 11.7. The fourth-order valence-electron chi connectivity index (χ4n) is 5.03. The Balaban J connectivity index is 0.00000120. The summed E-state index contributed by atoms with van der Waals surface area (Å²) in [7, 11) is 1.73. The van der Waals surface area contributed by atoms with Gasteiger partial charge in [0.1, 0.15) is 18.0 Å². The number of piperazine rings is 1. The molecule has 1 fully saturated rings. The third-order valence-electron chi connectivity index (χ3n) is 7.14. The van der Waals surface area contributed by atoms with Gasteiger partial charge in [0.25, 0.3) is 11.8 Å². The van der Waals surface area contributed by atoms with Gasteiger partial charge in [0.2, 0.25) is 0 Å². The van der Waals surface area contributed by atoms with Crippen molar-refractivity contribution in [2.24, 2.45) is 7.05 Å². The normalized spacial score (nSPS) is 12.5. The van der Waals surface area contributed by atoms with Gasteiger partial charge in [-0.25, -0.2) is 9.37 Å². The van der Waals surface area contributed by atoms with Crippen LogP contribution in [0.15, 0.2) is 54.9 Å². The van der Waals surface area contributed by atoms with Gasteiger partial charge in [-0.3, -0.25) is 19.1 Å². The smallest absolute Gasteiger partial charge is 0.328 e. The number of rotatable bonds is 7. The predicted octanol–water partition coefficient (Wildman–Crippen LogP) is 6.23. The van der Waals surface area contributed by atoms with Crippen molar-refractivity contribution in [1.82, 2.24) is 24.2 Å². The van der Waals surface area contributed by atoms with Crippen LogP contribution in [-0.4, -0.2) is 85.0 Å². The molecule has 2 amide bonds. The summed E-state index contributed by atoms with van der Waals surface area (Å²) in [5, 5.41) is 19.4. The molecular weight excluding hydrogens is 730 g/mol. The number of ether oxygens (including phenoxy) is 1. The van der Waals surface area contributed by atoms with E-state index in [4.69, 9.17) is 9.84 Å². The summed E-state index contributed by atoms with van der Waals surface area (Å²) < 4.78 is 23.5. The molecular formula is C37H49FN7O5Y-. The summed E-state index contributed by atoms with van der Waals surface area (Å²) in [6.07, 6.45) is 3.25. The molecule has 1 aliphatic heterocycles. The van der Waals surface area contributed by atoms with Crippen LogP contribution in [0, 0.1) is 12.7 Å². The minimum absolute atomic E-state index is 0. The molecule has 1 saturated heterocycles. The van der Waals surface area contributed by atoms with E-state index >= 15 is 0 Å². The molecule has 2 N–H and O–H groups in total. The van der Waals surface area contributed by atoms with Crippen molar-refractivity contribution in [3.05, 3.63) is 83.1 Å². The molecule has 3 heterocycles. The van der Waals surface area contributed by atoms with Gasteiger partial charge in [-0.15, -0.1) is 13.1 Å². The van der Waals surface area contributed by atoms with E-state index < -0.39 is 17.3 Å². The van der Waals surface area contributed by atoms with Crippen LogP contribution in [0.1, 0.15) is 75.1 Å². The number of imidazole rings is 1. The maximum Gasteiger partial charge on any atom is 0.328 e. The van der Waals surface area contributed by atoms with E-state index in [9.17, 15) is 18.8 Å². The Morgan fingerprint density at radius 1 is 1.04 bits per heavy atom. The number of carbonyl (C=O) groups excluding carboxylic acids is 3. The number of nitrogens with zero attached hydrogens (tertiary/aromatic N) is 6. The third kappa shape index (κ3) is 12.4. The Bertz CT molecular complexity index is 1750. The number of aromatic nitrogens is 4. The fraction of sp³-hybridized carbons (Fsp3) is 0.432. The first-order chi connectivity index (χ1) is 23.6. The molecule has 51 heavy (non-hydrogen) atoms. The third-order valence-corrected chi connectivity index (χ3v) is 7.14. The number of esters is 1. The van der Waals surface area contributed by atoms with E-state index in [1.165, 1.54) is 12.1 Å². The van der Waals surface area contributed by atoms with Gasteiger partial charge in [-0.2, -0.15) is 5.10 Å². The van der Waals surface area contributed by atoms with Crippen LogP contribution in [0.3, 0.4) is 0 Å². The van der Waals surface area contributed by atoms with Gasteiger partial charge in [0.15, 0.2) is 5.82 Å². The number of amides is 2. The van der Waals surface area contributed by atoms with Crippen molar-refractivity contribution in [2.45, 2.75) is 73.6 Å². The molecule has 1 radical (unpaired) electrons.